The van der Waals surface area contributed by atoms with Gasteiger partial charge in [0.1, 0.15) is 11.5 Å². The van der Waals surface area contributed by atoms with Gasteiger partial charge >= 0.3 is 0 Å². The minimum atomic E-state index is -1.06. The number of methoxy groups -OCH3 is 1. The van der Waals surface area contributed by atoms with Gasteiger partial charge in [-0.1, -0.05) is 23.7 Å². The highest BCUT2D eigenvalue weighted by molar-refractivity contribution is 6.30. The van der Waals surface area contributed by atoms with Gasteiger partial charge < -0.3 is 19.9 Å². The summed E-state index contributed by atoms with van der Waals surface area (Å²) in [6, 6.07) is 14.2. The SMILES string of the molecule is COc1ccc(CC(C)(O)CNC(=O)COc2ccc(Cl)cc2)cc1. The Morgan fingerprint density at radius 3 is 2.32 bits per heavy atom. The predicted molar refractivity (Wildman–Crippen MR) is 97.3 cm³/mol. The molecule has 1 atom stereocenters. The van der Waals surface area contributed by atoms with E-state index in [-0.39, 0.29) is 19.1 Å². The molecule has 0 radical (unpaired) electrons. The first-order valence-electron chi connectivity index (χ1n) is 7.88. The molecule has 0 heterocycles. The molecule has 2 N–H and O–H groups in total. The Hall–Kier alpha value is -2.24. The maximum Gasteiger partial charge on any atom is 0.258 e. The molecule has 0 aromatic heterocycles. The molecule has 1 unspecified atom stereocenters. The Bertz CT molecular complexity index is 684. The molecule has 0 saturated carbocycles. The summed E-state index contributed by atoms with van der Waals surface area (Å²) >= 11 is 5.79. The summed E-state index contributed by atoms with van der Waals surface area (Å²) in [5.41, 5.74) is -0.109. The molecule has 25 heavy (non-hydrogen) atoms. The number of hydrogen-bond donors (Lipinski definition) is 2. The molecule has 0 saturated heterocycles. The third kappa shape index (κ3) is 6.64. The van der Waals surface area contributed by atoms with Crippen molar-refractivity contribution < 1.29 is 19.4 Å². The normalized spacial score (nSPS) is 13.0. The van der Waals surface area contributed by atoms with Gasteiger partial charge in [0, 0.05) is 18.0 Å². The topological polar surface area (TPSA) is 67.8 Å². The number of nitrogens with one attached hydrogen (secondary N) is 1. The summed E-state index contributed by atoms with van der Waals surface area (Å²) < 4.78 is 10.5. The van der Waals surface area contributed by atoms with Gasteiger partial charge in [-0.3, -0.25) is 4.79 Å². The monoisotopic (exact) mass is 363 g/mol. The molecule has 1 amide bonds. The Morgan fingerprint density at radius 1 is 1.12 bits per heavy atom. The van der Waals surface area contributed by atoms with E-state index in [0.29, 0.717) is 17.2 Å². The fourth-order valence-corrected chi connectivity index (χ4v) is 2.39. The first-order chi connectivity index (χ1) is 11.9. The smallest absolute Gasteiger partial charge is 0.258 e. The third-order valence-electron chi connectivity index (χ3n) is 3.59. The fraction of sp³-hybridized carbons (Fsp3) is 0.316. The van der Waals surface area contributed by atoms with Crippen molar-refractivity contribution in [3.8, 4) is 11.5 Å². The second-order valence-corrected chi connectivity index (χ2v) is 6.48. The van der Waals surface area contributed by atoms with Crippen LogP contribution < -0.4 is 14.8 Å². The zero-order valence-electron chi connectivity index (χ0n) is 14.3. The second-order valence-electron chi connectivity index (χ2n) is 6.04. The number of amides is 1. The zero-order valence-corrected chi connectivity index (χ0v) is 15.0. The van der Waals surface area contributed by atoms with Gasteiger partial charge in [-0.05, 0) is 48.9 Å². The highest BCUT2D eigenvalue weighted by atomic mass is 35.5. The molecule has 2 aromatic rings. The van der Waals surface area contributed by atoms with Crippen LogP contribution in [0.15, 0.2) is 48.5 Å². The van der Waals surface area contributed by atoms with Gasteiger partial charge in [-0.2, -0.15) is 0 Å². The molecule has 2 rings (SSSR count). The predicted octanol–water partition coefficient (Wildman–Crippen LogP) is 2.84. The minimum Gasteiger partial charge on any atom is -0.497 e. The van der Waals surface area contributed by atoms with Crippen molar-refractivity contribution in [3.05, 3.63) is 59.1 Å². The van der Waals surface area contributed by atoms with E-state index in [0.717, 1.165) is 11.3 Å². The lowest BCUT2D eigenvalue weighted by molar-refractivity contribution is -0.124. The lowest BCUT2D eigenvalue weighted by Crippen LogP contribution is -2.43. The fourth-order valence-electron chi connectivity index (χ4n) is 2.27. The summed E-state index contributed by atoms with van der Waals surface area (Å²) in [6.45, 7) is 1.68. The zero-order chi connectivity index (χ0) is 18.3. The summed E-state index contributed by atoms with van der Waals surface area (Å²) in [5.74, 6) is 1.02. The first-order valence-corrected chi connectivity index (χ1v) is 8.26. The number of halogens is 1. The molecule has 0 spiro atoms. The highest BCUT2D eigenvalue weighted by Gasteiger charge is 2.22. The van der Waals surface area contributed by atoms with Crippen LogP contribution in [0.1, 0.15) is 12.5 Å². The molecule has 0 fully saturated rings. The van der Waals surface area contributed by atoms with Crippen LogP contribution in [0.2, 0.25) is 5.02 Å². The van der Waals surface area contributed by atoms with Crippen molar-refractivity contribution in [2.45, 2.75) is 18.9 Å². The van der Waals surface area contributed by atoms with Gasteiger partial charge in [0.05, 0.1) is 12.7 Å². The molecule has 0 aliphatic rings. The van der Waals surface area contributed by atoms with E-state index in [1.165, 1.54) is 0 Å². The first kappa shape index (κ1) is 19.1. The average molecular weight is 364 g/mol. The van der Waals surface area contributed by atoms with Crippen molar-refractivity contribution in [1.29, 1.82) is 0 Å². The number of ether oxygens (including phenoxy) is 2. The summed E-state index contributed by atoms with van der Waals surface area (Å²) in [7, 11) is 1.60. The molecule has 6 heteroatoms. The maximum absolute atomic E-state index is 11.9. The third-order valence-corrected chi connectivity index (χ3v) is 3.85. The van der Waals surface area contributed by atoms with Crippen LogP contribution in [0.4, 0.5) is 0 Å². The molecule has 5 nitrogen and oxygen atoms in total. The average Bonchev–Trinajstić information content (AvgIpc) is 2.60. The van der Waals surface area contributed by atoms with Gasteiger partial charge in [0.25, 0.3) is 5.91 Å². The number of hydrogen-bond acceptors (Lipinski definition) is 4. The van der Waals surface area contributed by atoms with Crippen LogP contribution in [0.5, 0.6) is 11.5 Å². The van der Waals surface area contributed by atoms with Gasteiger partial charge in [0.15, 0.2) is 6.61 Å². The lowest BCUT2D eigenvalue weighted by Gasteiger charge is -2.24. The number of carbonyl (C=O) groups excluding carboxylic acids is 1. The van der Waals surface area contributed by atoms with E-state index in [9.17, 15) is 9.90 Å². The van der Waals surface area contributed by atoms with Crippen molar-refractivity contribution in [2.24, 2.45) is 0 Å². The Kier molecular flexibility index (Phi) is 6.67. The van der Waals surface area contributed by atoms with E-state index in [2.05, 4.69) is 5.32 Å². The maximum atomic E-state index is 11.9. The standard InChI is InChI=1S/C19H22ClNO4/c1-19(23,11-14-3-7-16(24-2)8-4-14)13-21-18(22)12-25-17-9-5-15(20)6-10-17/h3-10,23H,11-13H2,1-2H3,(H,21,22). The number of benzene rings is 2. The van der Waals surface area contributed by atoms with Crippen molar-refractivity contribution in [3.63, 3.8) is 0 Å². The molecular formula is C19H22ClNO4. The summed E-state index contributed by atoms with van der Waals surface area (Å²) in [6.07, 6.45) is 0.412. The van der Waals surface area contributed by atoms with Gasteiger partial charge in [-0.25, -0.2) is 0 Å². The van der Waals surface area contributed by atoms with Crippen LogP contribution in [0, 0.1) is 0 Å². The van der Waals surface area contributed by atoms with E-state index >= 15 is 0 Å². The number of aliphatic hydroxyl groups is 1. The van der Waals surface area contributed by atoms with Crippen LogP contribution >= 0.6 is 11.6 Å². The molecule has 134 valence electrons. The van der Waals surface area contributed by atoms with Crippen molar-refractivity contribution in [2.75, 3.05) is 20.3 Å². The van der Waals surface area contributed by atoms with Crippen LogP contribution in [0.25, 0.3) is 0 Å². The minimum absolute atomic E-state index is 0.125. The Balaban J connectivity index is 1.77. The van der Waals surface area contributed by atoms with E-state index < -0.39 is 5.60 Å². The molecule has 0 aliphatic carbocycles. The van der Waals surface area contributed by atoms with Crippen molar-refractivity contribution >= 4 is 17.5 Å². The molecule has 0 bridgehead atoms. The summed E-state index contributed by atoms with van der Waals surface area (Å²) in [5, 5.41) is 13.7. The van der Waals surface area contributed by atoms with E-state index in [4.69, 9.17) is 21.1 Å². The van der Waals surface area contributed by atoms with Crippen molar-refractivity contribution in [1.82, 2.24) is 5.32 Å². The Labute approximate surface area is 152 Å². The lowest BCUT2D eigenvalue weighted by atomic mass is 9.96. The van der Waals surface area contributed by atoms with Gasteiger partial charge in [0.2, 0.25) is 0 Å². The second kappa shape index (κ2) is 8.74. The number of rotatable bonds is 8. The molecular weight excluding hydrogens is 342 g/mol. The largest absolute Gasteiger partial charge is 0.497 e. The van der Waals surface area contributed by atoms with Crippen LogP contribution in [-0.2, 0) is 11.2 Å². The quantitative estimate of drug-likeness (QED) is 0.756. The van der Waals surface area contributed by atoms with Crippen LogP contribution in [-0.4, -0.2) is 36.9 Å². The van der Waals surface area contributed by atoms with Gasteiger partial charge in [-0.15, -0.1) is 0 Å². The molecule has 0 aliphatic heterocycles. The van der Waals surface area contributed by atoms with Crippen LogP contribution in [0.3, 0.4) is 0 Å². The summed E-state index contributed by atoms with van der Waals surface area (Å²) in [4.78, 5) is 11.9. The Morgan fingerprint density at radius 2 is 1.72 bits per heavy atom. The number of carbonyl (C=O) groups is 1. The molecule has 2 aromatic carbocycles. The van der Waals surface area contributed by atoms with E-state index in [1.807, 2.05) is 24.3 Å². The highest BCUT2D eigenvalue weighted by Crippen LogP contribution is 2.17. The van der Waals surface area contributed by atoms with E-state index in [1.54, 1.807) is 38.3 Å².